The summed E-state index contributed by atoms with van der Waals surface area (Å²) in [7, 11) is 0. The van der Waals surface area contributed by atoms with Gasteiger partial charge in [-0.15, -0.1) is 0 Å². The SMILES string of the molecule is CC1CC2CCC3(c4ccccc4-c4c3ccc3c4[nH]c4cc5ccccc5cc43)C(C1)C2. The molecule has 1 heterocycles. The van der Waals surface area contributed by atoms with Crippen LogP contribution in [0.1, 0.15) is 50.2 Å². The highest BCUT2D eigenvalue weighted by molar-refractivity contribution is 6.16. The molecule has 4 atom stereocenters. The molecule has 4 unspecified atom stereocenters. The minimum Gasteiger partial charge on any atom is -0.354 e. The highest BCUT2D eigenvalue weighted by atomic mass is 14.7. The average molecular weight is 428 g/mol. The summed E-state index contributed by atoms with van der Waals surface area (Å²) in [6, 6.07) is 27.7. The Morgan fingerprint density at radius 2 is 1.61 bits per heavy atom. The van der Waals surface area contributed by atoms with Crippen LogP contribution in [0.5, 0.6) is 0 Å². The summed E-state index contributed by atoms with van der Waals surface area (Å²) in [5.74, 6) is 2.56. The molecule has 3 aliphatic rings. The van der Waals surface area contributed by atoms with Crippen LogP contribution < -0.4 is 0 Å². The maximum Gasteiger partial charge on any atom is 0.0547 e. The van der Waals surface area contributed by atoms with Gasteiger partial charge in [-0.1, -0.05) is 67.6 Å². The van der Waals surface area contributed by atoms with Crippen LogP contribution in [0.3, 0.4) is 0 Å². The van der Waals surface area contributed by atoms with Crippen molar-refractivity contribution in [2.45, 2.75) is 44.4 Å². The smallest absolute Gasteiger partial charge is 0.0547 e. The van der Waals surface area contributed by atoms with E-state index in [4.69, 9.17) is 0 Å². The van der Waals surface area contributed by atoms with E-state index in [9.17, 15) is 0 Å². The lowest BCUT2D eigenvalue weighted by Crippen LogP contribution is -2.44. The van der Waals surface area contributed by atoms with Gasteiger partial charge >= 0.3 is 0 Å². The molecule has 2 bridgehead atoms. The van der Waals surface area contributed by atoms with Crippen LogP contribution in [0.15, 0.2) is 72.8 Å². The van der Waals surface area contributed by atoms with Gasteiger partial charge in [0, 0.05) is 27.3 Å². The minimum atomic E-state index is 0.202. The Labute approximate surface area is 194 Å². The van der Waals surface area contributed by atoms with Crippen LogP contribution in [-0.2, 0) is 5.41 Å². The van der Waals surface area contributed by atoms with Crippen molar-refractivity contribution in [1.29, 1.82) is 0 Å². The Bertz CT molecular complexity index is 1590. The third-order valence-corrected chi connectivity index (χ3v) is 9.48. The van der Waals surface area contributed by atoms with Gasteiger partial charge in [-0.2, -0.15) is 0 Å². The van der Waals surface area contributed by atoms with Gasteiger partial charge in [0.15, 0.2) is 0 Å². The predicted molar refractivity (Wildman–Crippen MR) is 139 cm³/mol. The fraction of sp³-hybridized carbons (Fsp3) is 0.312. The Morgan fingerprint density at radius 1 is 0.788 bits per heavy atom. The Morgan fingerprint density at radius 3 is 2.52 bits per heavy atom. The van der Waals surface area contributed by atoms with Crippen LogP contribution >= 0.6 is 0 Å². The maximum absolute atomic E-state index is 3.90. The molecule has 33 heavy (non-hydrogen) atoms. The number of aromatic amines is 1. The number of rotatable bonds is 0. The molecule has 0 amide bonds. The van der Waals surface area contributed by atoms with Crippen LogP contribution in [0.25, 0.3) is 43.7 Å². The first-order valence-electron chi connectivity index (χ1n) is 12.8. The van der Waals surface area contributed by atoms with Gasteiger partial charge in [-0.25, -0.2) is 0 Å². The van der Waals surface area contributed by atoms with Gasteiger partial charge < -0.3 is 4.98 Å². The van der Waals surface area contributed by atoms with E-state index >= 15 is 0 Å². The molecule has 1 spiro atoms. The Balaban J connectivity index is 1.46. The van der Waals surface area contributed by atoms with E-state index < -0.39 is 0 Å². The lowest BCUT2D eigenvalue weighted by molar-refractivity contribution is 0.0856. The summed E-state index contributed by atoms with van der Waals surface area (Å²) in [4.78, 5) is 3.90. The van der Waals surface area contributed by atoms with Gasteiger partial charge in [0.05, 0.1) is 5.52 Å². The van der Waals surface area contributed by atoms with Crippen molar-refractivity contribution in [1.82, 2.24) is 4.98 Å². The first-order chi connectivity index (χ1) is 16.2. The van der Waals surface area contributed by atoms with Gasteiger partial charge in [0.1, 0.15) is 0 Å². The lowest BCUT2D eigenvalue weighted by Gasteiger charge is -2.50. The zero-order valence-electron chi connectivity index (χ0n) is 19.2. The van der Waals surface area contributed by atoms with Gasteiger partial charge in [0.2, 0.25) is 0 Å². The van der Waals surface area contributed by atoms with Crippen LogP contribution in [0.2, 0.25) is 0 Å². The fourth-order valence-electron chi connectivity index (χ4n) is 8.27. The zero-order chi connectivity index (χ0) is 21.7. The molecule has 0 aliphatic heterocycles. The number of hydrogen-bond donors (Lipinski definition) is 1. The molecule has 1 aromatic heterocycles. The van der Waals surface area contributed by atoms with Crippen molar-refractivity contribution < 1.29 is 0 Å². The number of fused-ring (bicyclic) bond motifs is 13. The summed E-state index contributed by atoms with van der Waals surface area (Å²) < 4.78 is 0. The molecular weight excluding hydrogens is 398 g/mol. The lowest BCUT2D eigenvalue weighted by atomic mass is 9.53. The molecular formula is C32H29N. The number of nitrogens with one attached hydrogen (secondary N) is 1. The average Bonchev–Trinajstić information content (AvgIpc) is 3.33. The molecule has 4 aromatic carbocycles. The van der Waals surface area contributed by atoms with Crippen LogP contribution in [0.4, 0.5) is 0 Å². The molecule has 1 N–H and O–H groups in total. The second-order valence-corrected chi connectivity index (χ2v) is 11.2. The third-order valence-electron chi connectivity index (χ3n) is 9.48. The van der Waals surface area contributed by atoms with Crippen LogP contribution in [-0.4, -0.2) is 4.98 Å². The Hall–Kier alpha value is -3.06. The monoisotopic (exact) mass is 427 g/mol. The third kappa shape index (κ3) is 2.28. The fourth-order valence-corrected chi connectivity index (χ4v) is 8.27. The standard InChI is InChI=1S/C32H29N/c1-19-14-20-12-13-32(23(15-19)16-20)27-9-5-4-8-25(27)30-28(32)11-10-24-26-17-21-6-2-3-7-22(21)18-29(26)33-31(24)30/h2-11,17-20,23,33H,12-16H2,1H3. The number of aromatic nitrogens is 1. The van der Waals surface area contributed by atoms with E-state index in [1.807, 2.05) is 0 Å². The van der Waals surface area contributed by atoms with Gasteiger partial charge in [-0.3, -0.25) is 0 Å². The summed E-state index contributed by atoms with van der Waals surface area (Å²) in [5, 5.41) is 5.34. The molecule has 1 heteroatoms. The quantitative estimate of drug-likeness (QED) is 0.255. The highest BCUT2D eigenvalue weighted by Gasteiger charge is 2.53. The molecule has 1 nitrogen and oxygen atoms in total. The number of hydrogen-bond acceptors (Lipinski definition) is 0. The van der Waals surface area contributed by atoms with E-state index in [2.05, 4.69) is 84.7 Å². The van der Waals surface area contributed by atoms with E-state index in [1.54, 1.807) is 11.1 Å². The molecule has 5 aromatic rings. The topological polar surface area (TPSA) is 15.8 Å². The van der Waals surface area contributed by atoms with Crippen molar-refractivity contribution in [2.75, 3.05) is 0 Å². The number of H-pyrrole nitrogens is 1. The molecule has 162 valence electrons. The van der Waals surface area contributed by atoms with Gasteiger partial charge in [0.25, 0.3) is 0 Å². The largest absolute Gasteiger partial charge is 0.354 e. The molecule has 0 radical (unpaired) electrons. The van der Waals surface area contributed by atoms with E-state index in [1.165, 1.54) is 75.8 Å². The zero-order valence-corrected chi connectivity index (χ0v) is 19.2. The first kappa shape index (κ1) is 18.4. The second-order valence-electron chi connectivity index (χ2n) is 11.2. The predicted octanol–water partition coefficient (Wildman–Crippen LogP) is 8.59. The maximum atomic E-state index is 3.90. The van der Waals surface area contributed by atoms with Crippen molar-refractivity contribution in [2.24, 2.45) is 17.8 Å². The number of benzene rings is 4. The van der Waals surface area contributed by atoms with Crippen molar-refractivity contribution >= 4 is 32.6 Å². The van der Waals surface area contributed by atoms with E-state index in [-0.39, 0.29) is 5.41 Å². The van der Waals surface area contributed by atoms with E-state index in [0.29, 0.717) is 0 Å². The highest BCUT2D eigenvalue weighted by Crippen LogP contribution is 2.63. The minimum absolute atomic E-state index is 0.202. The Kier molecular flexibility index (Phi) is 3.50. The summed E-state index contributed by atoms with van der Waals surface area (Å²) in [6.07, 6.45) is 6.92. The molecule has 2 fully saturated rings. The molecule has 2 saturated carbocycles. The van der Waals surface area contributed by atoms with Crippen molar-refractivity contribution in [3.63, 3.8) is 0 Å². The summed E-state index contributed by atoms with van der Waals surface area (Å²) in [6.45, 7) is 2.49. The molecule has 0 saturated heterocycles. The normalized spacial score (nSPS) is 28.0. The summed E-state index contributed by atoms with van der Waals surface area (Å²) in [5.41, 5.74) is 8.97. The van der Waals surface area contributed by atoms with Gasteiger partial charge in [-0.05, 0) is 89.5 Å². The first-order valence-corrected chi connectivity index (χ1v) is 12.8. The molecule has 8 rings (SSSR count). The molecule has 3 aliphatic carbocycles. The van der Waals surface area contributed by atoms with Crippen molar-refractivity contribution in [3.8, 4) is 11.1 Å². The van der Waals surface area contributed by atoms with Crippen molar-refractivity contribution in [3.05, 3.63) is 83.9 Å². The van der Waals surface area contributed by atoms with E-state index in [0.717, 1.165) is 17.8 Å². The second kappa shape index (κ2) is 6.29. The van der Waals surface area contributed by atoms with Crippen LogP contribution in [0, 0.1) is 17.8 Å². The summed E-state index contributed by atoms with van der Waals surface area (Å²) >= 11 is 0.